The van der Waals surface area contributed by atoms with Gasteiger partial charge in [-0.25, -0.2) is 0 Å². The molecule has 1 unspecified atom stereocenters. The first kappa shape index (κ1) is 11.5. The maximum atomic E-state index is 11.7. The molecule has 1 amide bonds. The molecule has 0 aromatic heterocycles. The van der Waals surface area contributed by atoms with Crippen LogP contribution in [0.25, 0.3) is 0 Å². The summed E-state index contributed by atoms with van der Waals surface area (Å²) in [7, 11) is 0. The van der Waals surface area contributed by atoms with Crippen molar-refractivity contribution in [2.24, 2.45) is 11.7 Å². The lowest BCUT2D eigenvalue weighted by molar-refractivity contribution is -0.125. The van der Waals surface area contributed by atoms with E-state index in [9.17, 15) is 4.79 Å². The van der Waals surface area contributed by atoms with Crippen LogP contribution in [0.3, 0.4) is 0 Å². The van der Waals surface area contributed by atoms with Gasteiger partial charge in [0.15, 0.2) is 0 Å². The summed E-state index contributed by atoms with van der Waals surface area (Å²) in [5.74, 6) is 0.532. The Morgan fingerprint density at radius 1 is 1.50 bits per heavy atom. The highest BCUT2D eigenvalue weighted by atomic mass is 16.1. The predicted octanol–water partition coefficient (Wildman–Crippen LogP) is 1.42. The van der Waals surface area contributed by atoms with Crippen molar-refractivity contribution in [2.75, 3.05) is 6.54 Å². The zero-order valence-corrected chi connectivity index (χ0v) is 9.09. The predicted molar refractivity (Wildman–Crippen MR) is 57.9 cm³/mol. The minimum absolute atomic E-state index is 0.253. The van der Waals surface area contributed by atoms with E-state index in [4.69, 9.17) is 5.73 Å². The number of carbonyl (C=O) groups excluding carboxylic acids is 1. The quantitative estimate of drug-likeness (QED) is 0.702. The van der Waals surface area contributed by atoms with Gasteiger partial charge in [0.1, 0.15) is 0 Å². The highest BCUT2D eigenvalue weighted by Gasteiger charge is 2.23. The van der Waals surface area contributed by atoms with E-state index in [1.807, 2.05) is 0 Å². The molecule has 1 aliphatic carbocycles. The lowest BCUT2D eigenvalue weighted by atomic mass is 10.1. The molecule has 14 heavy (non-hydrogen) atoms. The number of nitrogens with one attached hydrogen (secondary N) is 1. The topological polar surface area (TPSA) is 55.1 Å². The fraction of sp³-hybridized carbons (Fsp3) is 0.909. The molecule has 1 atom stereocenters. The second-order valence-electron chi connectivity index (χ2n) is 4.17. The third-order valence-corrected chi connectivity index (χ3v) is 3.08. The van der Waals surface area contributed by atoms with Crippen LogP contribution in [-0.4, -0.2) is 18.5 Å². The van der Waals surface area contributed by atoms with Crippen LogP contribution in [0.5, 0.6) is 0 Å². The minimum Gasteiger partial charge on any atom is -0.353 e. The van der Waals surface area contributed by atoms with Gasteiger partial charge in [0.25, 0.3) is 0 Å². The van der Waals surface area contributed by atoms with Gasteiger partial charge in [0, 0.05) is 12.0 Å². The smallest absolute Gasteiger partial charge is 0.223 e. The summed E-state index contributed by atoms with van der Waals surface area (Å²) in [5.41, 5.74) is 5.48. The summed E-state index contributed by atoms with van der Waals surface area (Å²) in [6, 6.07) is 0.285. The first-order chi connectivity index (χ1) is 6.77. The summed E-state index contributed by atoms with van der Waals surface area (Å²) in [5, 5.41) is 3.09. The molecule has 0 aromatic carbocycles. The van der Waals surface area contributed by atoms with Gasteiger partial charge < -0.3 is 11.1 Å². The van der Waals surface area contributed by atoms with E-state index in [0.29, 0.717) is 6.54 Å². The van der Waals surface area contributed by atoms with E-state index in [0.717, 1.165) is 25.7 Å². The fourth-order valence-corrected chi connectivity index (χ4v) is 2.09. The molecule has 0 saturated heterocycles. The van der Waals surface area contributed by atoms with E-state index >= 15 is 0 Å². The summed E-state index contributed by atoms with van der Waals surface area (Å²) < 4.78 is 0. The minimum atomic E-state index is 0.253. The first-order valence-corrected chi connectivity index (χ1v) is 5.78. The van der Waals surface area contributed by atoms with Crippen LogP contribution >= 0.6 is 0 Å². The monoisotopic (exact) mass is 198 g/mol. The maximum Gasteiger partial charge on any atom is 0.223 e. The van der Waals surface area contributed by atoms with Crippen molar-refractivity contribution in [1.82, 2.24) is 5.32 Å². The molecule has 0 radical (unpaired) electrons. The van der Waals surface area contributed by atoms with Crippen LogP contribution in [0.1, 0.15) is 45.4 Å². The second-order valence-corrected chi connectivity index (χ2v) is 4.17. The third-order valence-electron chi connectivity index (χ3n) is 3.08. The standard InChI is InChI=1S/C11H22N2O/c1-2-10(7-8-12)13-11(14)9-5-3-4-6-9/h9-10H,2-8,12H2,1H3,(H,13,14). The normalized spacial score (nSPS) is 19.6. The van der Waals surface area contributed by atoms with Crippen molar-refractivity contribution in [2.45, 2.75) is 51.5 Å². The molecule has 3 nitrogen and oxygen atoms in total. The van der Waals surface area contributed by atoms with E-state index in [-0.39, 0.29) is 17.9 Å². The molecule has 1 fully saturated rings. The zero-order valence-electron chi connectivity index (χ0n) is 9.09. The van der Waals surface area contributed by atoms with Crippen molar-refractivity contribution in [3.63, 3.8) is 0 Å². The van der Waals surface area contributed by atoms with Gasteiger partial charge >= 0.3 is 0 Å². The molecule has 0 aromatic rings. The van der Waals surface area contributed by atoms with Crippen molar-refractivity contribution < 1.29 is 4.79 Å². The summed E-state index contributed by atoms with van der Waals surface area (Å²) in [4.78, 5) is 11.7. The Morgan fingerprint density at radius 2 is 2.14 bits per heavy atom. The maximum absolute atomic E-state index is 11.7. The number of nitrogens with two attached hydrogens (primary N) is 1. The van der Waals surface area contributed by atoms with Gasteiger partial charge in [0.2, 0.25) is 5.91 Å². The number of hydrogen-bond donors (Lipinski definition) is 2. The molecule has 3 heteroatoms. The van der Waals surface area contributed by atoms with Crippen molar-refractivity contribution >= 4 is 5.91 Å². The zero-order chi connectivity index (χ0) is 10.4. The molecule has 3 N–H and O–H groups in total. The van der Waals surface area contributed by atoms with E-state index < -0.39 is 0 Å². The molecule has 0 aliphatic heterocycles. The number of hydrogen-bond acceptors (Lipinski definition) is 2. The van der Waals surface area contributed by atoms with Crippen molar-refractivity contribution in [1.29, 1.82) is 0 Å². The molecular formula is C11H22N2O. The fourth-order valence-electron chi connectivity index (χ4n) is 2.09. The Labute approximate surface area is 86.4 Å². The van der Waals surface area contributed by atoms with Crippen LogP contribution in [0.4, 0.5) is 0 Å². The Kier molecular flexibility index (Phi) is 4.94. The summed E-state index contributed by atoms with van der Waals surface area (Å²) in [6.45, 7) is 2.75. The third kappa shape index (κ3) is 3.29. The Hall–Kier alpha value is -0.570. The van der Waals surface area contributed by atoms with E-state index in [1.54, 1.807) is 0 Å². The Morgan fingerprint density at radius 3 is 2.64 bits per heavy atom. The average Bonchev–Trinajstić information content (AvgIpc) is 2.69. The van der Waals surface area contributed by atoms with Gasteiger partial charge in [-0.15, -0.1) is 0 Å². The molecule has 1 rings (SSSR count). The van der Waals surface area contributed by atoms with Crippen LogP contribution in [0.15, 0.2) is 0 Å². The van der Waals surface area contributed by atoms with Crippen LogP contribution < -0.4 is 11.1 Å². The average molecular weight is 198 g/mol. The van der Waals surface area contributed by atoms with Gasteiger partial charge in [-0.2, -0.15) is 0 Å². The highest BCUT2D eigenvalue weighted by molar-refractivity contribution is 5.79. The molecular weight excluding hydrogens is 176 g/mol. The summed E-state index contributed by atoms with van der Waals surface area (Å²) in [6.07, 6.45) is 6.46. The number of amides is 1. The molecule has 82 valence electrons. The van der Waals surface area contributed by atoms with Gasteiger partial charge in [-0.3, -0.25) is 4.79 Å². The second kappa shape index (κ2) is 6.02. The molecule has 0 bridgehead atoms. The Bertz CT molecular complexity index is 176. The van der Waals surface area contributed by atoms with Crippen molar-refractivity contribution in [3.8, 4) is 0 Å². The Balaban J connectivity index is 2.29. The molecule has 0 spiro atoms. The molecule has 0 heterocycles. The van der Waals surface area contributed by atoms with Gasteiger partial charge in [-0.1, -0.05) is 19.8 Å². The first-order valence-electron chi connectivity index (χ1n) is 5.78. The van der Waals surface area contributed by atoms with Crippen LogP contribution in [0.2, 0.25) is 0 Å². The van der Waals surface area contributed by atoms with Crippen LogP contribution in [0, 0.1) is 5.92 Å². The van der Waals surface area contributed by atoms with Crippen molar-refractivity contribution in [3.05, 3.63) is 0 Å². The lowest BCUT2D eigenvalue weighted by Crippen LogP contribution is -2.39. The van der Waals surface area contributed by atoms with Gasteiger partial charge in [0.05, 0.1) is 0 Å². The van der Waals surface area contributed by atoms with E-state index in [2.05, 4.69) is 12.2 Å². The van der Waals surface area contributed by atoms with Crippen LogP contribution in [-0.2, 0) is 4.79 Å². The van der Waals surface area contributed by atoms with E-state index in [1.165, 1.54) is 12.8 Å². The number of rotatable bonds is 5. The van der Waals surface area contributed by atoms with Gasteiger partial charge in [-0.05, 0) is 32.2 Å². The SMILES string of the molecule is CCC(CCN)NC(=O)C1CCCC1. The number of carbonyl (C=O) groups is 1. The highest BCUT2D eigenvalue weighted by Crippen LogP contribution is 2.24. The lowest BCUT2D eigenvalue weighted by Gasteiger charge is -2.18. The molecule has 1 saturated carbocycles. The molecule has 1 aliphatic rings. The largest absolute Gasteiger partial charge is 0.353 e. The summed E-state index contributed by atoms with van der Waals surface area (Å²) >= 11 is 0.